The Labute approximate surface area is 137 Å². The van der Waals surface area contributed by atoms with Crippen molar-refractivity contribution in [3.05, 3.63) is 70.4 Å². The van der Waals surface area contributed by atoms with Crippen molar-refractivity contribution in [1.82, 2.24) is 0 Å². The zero-order chi connectivity index (χ0) is 15.5. The number of ether oxygens (including phenoxy) is 2. The Kier molecular flexibility index (Phi) is 4.29. The van der Waals surface area contributed by atoms with Gasteiger partial charge in [-0.3, -0.25) is 4.79 Å². The molecule has 2 aromatic carbocycles. The number of allylic oxidation sites excluding steroid dienone is 1. The molecule has 0 saturated carbocycles. The summed E-state index contributed by atoms with van der Waals surface area (Å²) in [6.45, 7) is 0. The predicted molar refractivity (Wildman–Crippen MR) is 88.6 cm³/mol. The van der Waals surface area contributed by atoms with Crippen molar-refractivity contribution in [1.29, 1.82) is 0 Å². The molecule has 0 bridgehead atoms. The summed E-state index contributed by atoms with van der Waals surface area (Å²) in [5.41, 5.74) is 3.13. The van der Waals surface area contributed by atoms with Gasteiger partial charge in [0, 0.05) is 11.5 Å². The molecular formula is C18H15BrO3. The highest BCUT2D eigenvalue weighted by Crippen LogP contribution is 2.40. The molecule has 3 nitrogen and oxygen atoms in total. The van der Waals surface area contributed by atoms with Crippen molar-refractivity contribution >= 4 is 27.5 Å². The summed E-state index contributed by atoms with van der Waals surface area (Å²) >= 11 is 3.50. The third-order valence-corrected chi connectivity index (χ3v) is 4.37. The quantitative estimate of drug-likeness (QED) is 0.756. The zero-order valence-electron chi connectivity index (χ0n) is 12.1. The van der Waals surface area contributed by atoms with Gasteiger partial charge in [0.1, 0.15) is 5.75 Å². The average molecular weight is 359 g/mol. The summed E-state index contributed by atoms with van der Waals surface area (Å²) in [4.78, 5) is 11.7. The van der Waals surface area contributed by atoms with Gasteiger partial charge in [-0.2, -0.15) is 0 Å². The van der Waals surface area contributed by atoms with Crippen LogP contribution in [0.1, 0.15) is 23.5 Å². The van der Waals surface area contributed by atoms with Gasteiger partial charge in [-0.25, -0.2) is 0 Å². The minimum Gasteiger partial charge on any atom is -0.496 e. The molecule has 1 atom stereocenters. The van der Waals surface area contributed by atoms with E-state index >= 15 is 0 Å². The molecule has 0 N–H and O–H groups in total. The molecule has 0 fully saturated rings. The van der Waals surface area contributed by atoms with E-state index in [1.807, 2.05) is 48.5 Å². The summed E-state index contributed by atoms with van der Waals surface area (Å²) in [5, 5.41) is 0. The van der Waals surface area contributed by atoms with E-state index in [9.17, 15) is 4.79 Å². The molecule has 1 aliphatic rings. The van der Waals surface area contributed by atoms with Crippen LogP contribution in [-0.2, 0) is 9.53 Å². The number of esters is 1. The maximum absolute atomic E-state index is 11.7. The molecule has 2 aromatic rings. The standard InChI is InChI=1S/C18H15BrO3/c1-21-17-8-7-13(9-16(17)19)14-10-18(20)22-11-15(14)12-5-3-2-4-6-12/h2-9,11,14H,10H2,1H3/t14-/m0/s1. The molecule has 3 rings (SSSR count). The van der Waals surface area contributed by atoms with Crippen molar-refractivity contribution in [2.45, 2.75) is 12.3 Å². The third-order valence-electron chi connectivity index (χ3n) is 3.75. The van der Waals surface area contributed by atoms with Crippen LogP contribution < -0.4 is 4.74 Å². The highest BCUT2D eigenvalue weighted by molar-refractivity contribution is 9.10. The van der Waals surface area contributed by atoms with Crippen LogP contribution in [0.3, 0.4) is 0 Å². The first-order chi connectivity index (χ1) is 10.7. The van der Waals surface area contributed by atoms with Crippen molar-refractivity contribution in [3.8, 4) is 5.75 Å². The Hall–Kier alpha value is -2.07. The second-order valence-electron chi connectivity index (χ2n) is 5.08. The molecule has 0 saturated heterocycles. The Morgan fingerprint density at radius 3 is 2.64 bits per heavy atom. The maximum atomic E-state index is 11.7. The average Bonchev–Trinajstić information content (AvgIpc) is 2.55. The van der Waals surface area contributed by atoms with E-state index in [1.54, 1.807) is 13.4 Å². The second kappa shape index (κ2) is 6.36. The van der Waals surface area contributed by atoms with Crippen LogP contribution in [0.2, 0.25) is 0 Å². The molecule has 1 heterocycles. The van der Waals surface area contributed by atoms with E-state index < -0.39 is 0 Å². The van der Waals surface area contributed by atoms with Gasteiger partial charge in [-0.1, -0.05) is 36.4 Å². The molecule has 112 valence electrons. The lowest BCUT2D eigenvalue weighted by molar-refractivity contribution is -0.138. The predicted octanol–water partition coefficient (Wildman–Crippen LogP) is 4.53. The van der Waals surface area contributed by atoms with E-state index in [0.29, 0.717) is 6.42 Å². The molecule has 0 aliphatic carbocycles. The van der Waals surface area contributed by atoms with Crippen LogP contribution in [-0.4, -0.2) is 13.1 Å². The minimum absolute atomic E-state index is 0.0224. The van der Waals surface area contributed by atoms with Gasteiger partial charge in [0.2, 0.25) is 0 Å². The van der Waals surface area contributed by atoms with E-state index in [2.05, 4.69) is 15.9 Å². The van der Waals surface area contributed by atoms with Gasteiger partial charge in [-0.15, -0.1) is 0 Å². The maximum Gasteiger partial charge on any atom is 0.311 e. The molecule has 22 heavy (non-hydrogen) atoms. The Bertz CT molecular complexity index is 722. The molecule has 0 radical (unpaired) electrons. The van der Waals surface area contributed by atoms with Crippen molar-refractivity contribution in [2.75, 3.05) is 7.11 Å². The first-order valence-electron chi connectivity index (χ1n) is 6.97. The number of carbonyl (C=O) groups is 1. The number of cyclic esters (lactones) is 1. The van der Waals surface area contributed by atoms with Crippen LogP contribution in [0.4, 0.5) is 0 Å². The van der Waals surface area contributed by atoms with Crippen LogP contribution in [0.5, 0.6) is 5.75 Å². The molecule has 0 spiro atoms. The van der Waals surface area contributed by atoms with Crippen molar-refractivity contribution in [3.63, 3.8) is 0 Å². The number of halogens is 1. The Morgan fingerprint density at radius 2 is 1.95 bits per heavy atom. The molecule has 0 unspecified atom stereocenters. The number of rotatable bonds is 3. The van der Waals surface area contributed by atoms with Crippen LogP contribution in [0.25, 0.3) is 5.57 Å². The van der Waals surface area contributed by atoms with Gasteiger partial charge < -0.3 is 9.47 Å². The van der Waals surface area contributed by atoms with Crippen LogP contribution in [0, 0.1) is 0 Å². The zero-order valence-corrected chi connectivity index (χ0v) is 13.7. The Morgan fingerprint density at radius 1 is 1.18 bits per heavy atom. The lowest BCUT2D eigenvalue weighted by Gasteiger charge is -2.24. The lowest BCUT2D eigenvalue weighted by Crippen LogP contribution is -2.15. The summed E-state index contributed by atoms with van der Waals surface area (Å²) in [5.74, 6) is 0.537. The Balaban J connectivity index is 2.02. The van der Waals surface area contributed by atoms with Crippen molar-refractivity contribution < 1.29 is 14.3 Å². The first kappa shape index (κ1) is 14.9. The normalized spacial score (nSPS) is 17.6. The van der Waals surface area contributed by atoms with Gasteiger partial charge >= 0.3 is 5.97 Å². The first-order valence-corrected chi connectivity index (χ1v) is 7.76. The number of methoxy groups -OCH3 is 1. The van der Waals surface area contributed by atoms with E-state index in [0.717, 1.165) is 26.9 Å². The summed E-state index contributed by atoms with van der Waals surface area (Å²) in [6.07, 6.45) is 1.91. The molecule has 0 amide bonds. The van der Waals surface area contributed by atoms with Crippen LogP contribution in [0.15, 0.2) is 59.3 Å². The molecular weight excluding hydrogens is 344 g/mol. The fourth-order valence-corrected chi connectivity index (χ4v) is 3.19. The number of carbonyl (C=O) groups excluding carboxylic acids is 1. The van der Waals surface area contributed by atoms with E-state index in [1.165, 1.54) is 0 Å². The SMILES string of the molecule is COc1ccc([C@@H]2CC(=O)OC=C2c2ccccc2)cc1Br. The fraction of sp³-hybridized carbons (Fsp3) is 0.167. The van der Waals surface area contributed by atoms with Crippen LogP contribution >= 0.6 is 15.9 Å². The van der Waals surface area contributed by atoms with Gasteiger partial charge in [0.05, 0.1) is 24.3 Å². The van der Waals surface area contributed by atoms with Gasteiger partial charge in [0.15, 0.2) is 0 Å². The highest BCUT2D eigenvalue weighted by Gasteiger charge is 2.27. The van der Waals surface area contributed by atoms with Gasteiger partial charge in [0.25, 0.3) is 0 Å². The molecule has 0 aromatic heterocycles. The molecule has 4 heteroatoms. The monoisotopic (exact) mass is 358 g/mol. The third kappa shape index (κ3) is 2.92. The number of hydrogen-bond acceptors (Lipinski definition) is 3. The lowest BCUT2D eigenvalue weighted by atomic mass is 9.84. The molecule has 1 aliphatic heterocycles. The van der Waals surface area contributed by atoms with E-state index in [4.69, 9.17) is 9.47 Å². The summed E-state index contributed by atoms with van der Waals surface area (Å²) < 4.78 is 11.3. The van der Waals surface area contributed by atoms with Crippen molar-refractivity contribution in [2.24, 2.45) is 0 Å². The van der Waals surface area contributed by atoms with Gasteiger partial charge in [-0.05, 0) is 39.2 Å². The number of hydrogen-bond donors (Lipinski definition) is 0. The number of benzene rings is 2. The summed E-state index contributed by atoms with van der Waals surface area (Å²) in [7, 11) is 1.63. The highest BCUT2D eigenvalue weighted by atomic mass is 79.9. The topological polar surface area (TPSA) is 35.5 Å². The fourth-order valence-electron chi connectivity index (χ4n) is 2.63. The smallest absolute Gasteiger partial charge is 0.311 e. The van der Waals surface area contributed by atoms with E-state index in [-0.39, 0.29) is 11.9 Å². The largest absolute Gasteiger partial charge is 0.496 e. The second-order valence-corrected chi connectivity index (χ2v) is 5.93. The summed E-state index contributed by atoms with van der Waals surface area (Å²) in [6, 6.07) is 15.9. The minimum atomic E-state index is -0.211.